The van der Waals surface area contributed by atoms with Crippen LogP contribution in [0.3, 0.4) is 0 Å². The van der Waals surface area contributed by atoms with Crippen molar-refractivity contribution in [3.63, 3.8) is 0 Å². The molecule has 0 heterocycles. The van der Waals surface area contributed by atoms with Gasteiger partial charge < -0.3 is 9.64 Å². The highest BCUT2D eigenvalue weighted by Crippen LogP contribution is 1.88. The van der Waals surface area contributed by atoms with Gasteiger partial charge in [0.25, 0.3) is 0 Å². The Hall–Kier alpha value is -1.25. The van der Waals surface area contributed by atoms with Crippen LogP contribution in [0.5, 0.6) is 0 Å². The highest BCUT2D eigenvalue weighted by Gasteiger charge is 2.01. The Morgan fingerprint density at radius 3 is 2.40 bits per heavy atom. The first-order chi connectivity index (χ1) is 4.74. The van der Waals surface area contributed by atoms with Crippen LogP contribution in [0.25, 0.3) is 0 Å². The summed E-state index contributed by atoms with van der Waals surface area (Å²) in [5.41, 5.74) is 0. The van der Waals surface area contributed by atoms with Gasteiger partial charge in [0.15, 0.2) is 0 Å². The molecule has 0 spiro atoms. The van der Waals surface area contributed by atoms with Crippen molar-refractivity contribution in [1.82, 2.24) is 4.90 Å². The Labute approximate surface area is 60.6 Å². The lowest BCUT2D eigenvalue weighted by molar-refractivity contribution is -0.140. The van der Waals surface area contributed by atoms with Gasteiger partial charge in [-0.2, -0.15) is 0 Å². The lowest BCUT2D eigenvalue weighted by atomic mass is 10.6. The quantitative estimate of drug-likeness (QED) is 0.541. The van der Waals surface area contributed by atoms with Gasteiger partial charge in [0.2, 0.25) is 0 Å². The van der Waals surface area contributed by atoms with E-state index in [1.165, 1.54) is 24.4 Å². The molecule has 3 nitrogen and oxygen atoms in total. The van der Waals surface area contributed by atoms with E-state index in [2.05, 4.69) is 17.9 Å². The molecule has 0 bridgehead atoms. The second-order valence-electron chi connectivity index (χ2n) is 1.61. The Morgan fingerprint density at radius 2 is 2.10 bits per heavy atom. The largest absolute Gasteiger partial charge is 0.468 e. The van der Waals surface area contributed by atoms with Crippen molar-refractivity contribution in [1.29, 1.82) is 0 Å². The topological polar surface area (TPSA) is 29.5 Å². The third-order valence-corrected chi connectivity index (χ3v) is 1.01. The first-order valence-electron chi connectivity index (χ1n) is 2.82. The summed E-state index contributed by atoms with van der Waals surface area (Å²) in [5.74, 6) is -0.306. The minimum Gasteiger partial charge on any atom is -0.468 e. The fourth-order valence-corrected chi connectivity index (χ4v) is 0.417. The minimum absolute atomic E-state index is 0.170. The molecule has 0 rings (SSSR count). The number of carbonyl (C=O) groups is 1. The predicted octanol–water partition coefficient (Wildman–Crippen LogP) is 0.748. The molecule has 0 aliphatic rings. The summed E-state index contributed by atoms with van der Waals surface area (Å²) in [6.45, 7) is 7.10. The molecular formula is C7H11NO2. The van der Waals surface area contributed by atoms with Crippen molar-refractivity contribution in [2.45, 2.75) is 0 Å². The van der Waals surface area contributed by atoms with Crippen LogP contribution in [0, 0.1) is 0 Å². The third-order valence-electron chi connectivity index (χ3n) is 1.01. The predicted molar refractivity (Wildman–Crippen MR) is 39.1 cm³/mol. The van der Waals surface area contributed by atoms with E-state index < -0.39 is 0 Å². The molecule has 3 heteroatoms. The van der Waals surface area contributed by atoms with E-state index >= 15 is 0 Å². The van der Waals surface area contributed by atoms with E-state index in [1.807, 2.05) is 0 Å². The van der Waals surface area contributed by atoms with Crippen LogP contribution in [0.2, 0.25) is 0 Å². The molecule has 0 radical (unpaired) electrons. The van der Waals surface area contributed by atoms with Gasteiger partial charge in [0.05, 0.1) is 7.11 Å². The molecule has 0 atom stereocenters. The first kappa shape index (κ1) is 8.75. The highest BCUT2D eigenvalue weighted by molar-refractivity contribution is 5.71. The van der Waals surface area contributed by atoms with Crippen molar-refractivity contribution in [3.05, 3.63) is 25.6 Å². The number of rotatable bonds is 4. The van der Waals surface area contributed by atoms with Crippen molar-refractivity contribution in [2.24, 2.45) is 0 Å². The molecule has 0 saturated heterocycles. The molecule has 0 N–H and O–H groups in total. The molecule has 0 amide bonds. The summed E-state index contributed by atoms with van der Waals surface area (Å²) in [6, 6.07) is 0. The Kier molecular flexibility index (Phi) is 4.04. The molecule has 0 saturated carbocycles. The standard InChI is InChI=1S/C7H11NO2/c1-4-8(5-2)6-7(9)10-3/h4-5H,1-2,6H2,3H3. The van der Waals surface area contributed by atoms with Crippen molar-refractivity contribution in [2.75, 3.05) is 13.7 Å². The fourth-order valence-electron chi connectivity index (χ4n) is 0.417. The van der Waals surface area contributed by atoms with Crippen molar-refractivity contribution < 1.29 is 9.53 Å². The van der Waals surface area contributed by atoms with Gasteiger partial charge in [0, 0.05) is 0 Å². The molecular weight excluding hydrogens is 130 g/mol. The summed E-state index contributed by atoms with van der Waals surface area (Å²) < 4.78 is 4.41. The number of ether oxygens (including phenoxy) is 1. The normalized spacial score (nSPS) is 8.10. The molecule has 10 heavy (non-hydrogen) atoms. The average molecular weight is 141 g/mol. The zero-order chi connectivity index (χ0) is 7.98. The van der Waals surface area contributed by atoms with Crippen LogP contribution < -0.4 is 0 Å². The van der Waals surface area contributed by atoms with Crippen LogP contribution in [-0.2, 0) is 9.53 Å². The summed E-state index contributed by atoms with van der Waals surface area (Å²) in [4.78, 5) is 12.1. The third kappa shape index (κ3) is 2.91. The molecule has 0 aromatic rings. The highest BCUT2D eigenvalue weighted by atomic mass is 16.5. The lowest BCUT2D eigenvalue weighted by Crippen LogP contribution is -2.20. The van der Waals surface area contributed by atoms with Gasteiger partial charge >= 0.3 is 5.97 Å². The fraction of sp³-hybridized carbons (Fsp3) is 0.286. The van der Waals surface area contributed by atoms with E-state index in [4.69, 9.17) is 0 Å². The van der Waals surface area contributed by atoms with Gasteiger partial charge in [-0.05, 0) is 12.4 Å². The second-order valence-corrected chi connectivity index (χ2v) is 1.61. The number of carbonyl (C=O) groups excluding carboxylic acids is 1. The monoisotopic (exact) mass is 141 g/mol. The van der Waals surface area contributed by atoms with Crippen LogP contribution in [0.1, 0.15) is 0 Å². The van der Waals surface area contributed by atoms with Gasteiger partial charge in [-0.3, -0.25) is 4.79 Å². The summed E-state index contributed by atoms with van der Waals surface area (Å²) in [6.07, 6.45) is 3.01. The van der Waals surface area contributed by atoms with Gasteiger partial charge in [-0.1, -0.05) is 13.2 Å². The zero-order valence-corrected chi connectivity index (χ0v) is 6.04. The summed E-state index contributed by atoms with van der Waals surface area (Å²) in [5, 5.41) is 0. The van der Waals surface area contributed by atoms with E-state index in [9.17, 15) is 4.79 Å². The van der Waals surface area contributed by atoms with Crippen LogP contribution in [-0.4, -0.2) is 24.5 Å². The lowest BCUT2D eigenvalue weighted by Gasteiger charge is -2.10. The van der Waals surface area contributed by atoms with Crippen LogP contribution in [0.4, 0.5) is 0 Å². The van der Waals surface area contributed by atoms with E-state index in [0.717, 1.165) is 0 Å². The SMILES string of the molecule is C=CN(C=C)CC(=O)OC. The number of hydrogen-bond donors (Lipinski definition) is 0. The van der Waals surface area contributed by atoms with Crippen LogP contribution in [0.15, 0.2) is 25.6 Å². The molecule has 0 aliphatic carbocycles. The van der Waals surface area contributed by atoms with Gasteiger partial charge in [0.1, 0.15) is 6.54 Å². The Bertz CT molecular complexity index is 135. The smallest absolute Gasteiger partial charge is 0.325 e. The van der Waals surface area contributed by atoms with Gasteiger partial charge in [-0.25, -0.2) is 0 Å². The molecule has 0 aromatic carbocycles. The maximum Gasteiger partial charge on any atom is 0.325 e. The maximum absolute atomic E-state index is 10.6. The first-order valence-corrected chi connectivity index (χ1v) is 2.82. The van der Waals surface area contributed by atoms with Crippen LogP contribution >= 0.6 is 0 Å². The molecule has 0 aliphatic heterocycles. The Balaban J connectivity index is 3.73. The molecule has 0 unspecified atom stereocenters. The van der Waals surface area contributed by atoms with E-state index in [-0.39, 0.29) is 12.5 Å². The molecule has 0 fully saturated rings. The summed E-state index contributed by atoms with van der Waals surface area (Å²) in [7, 11) is 1.34. The number of hydrogen-bond acceptors (Lipinski definition) is 3. The number of methoxy groups -OCH3 is 1. The van der Waals surface area contributed by atoms with Crippen molar-refractivity contribution >= 4 is 5.97 Å². The molecule has 0 aromatic heterocycles. The Morgan fingerprint density at radius 1 is 1.60 bits per heavy atom. The van der Waals surface area contributed by atoms with E-state index in [0.29, 0.717) is 0 Å². The number of nitrogens with zero attached hydrogens (tertiary/aromatic N) is 1. The average Bonchev–Trinajstić information content (AvgIpc) is 1.99. The van der Waals surface area contributed by atoms with Crippen molar-refractivity contribution in [3.8, 4) is 0 Å². The second kappa shape index (κ2) is 4.61. The molecule has 56 valence electrons. The maximum atomic E-state index is 10.6. The van der Waals surface area contributed by atoms with Gasteiger partial charge in [-0.15, -0.1) is 0 Å². The summed E-state index contributed by atoms with van der Waals surface area (Å²) >= 11 is 0. The zero-order valence-electron chi connectivity index (χ0n) is 6.04. The van der Waals surface area contributed by atoms with E-state index in [1.54, 1.807) is 0 Å². The minimum atomic E-state index is -0.306. The number of esters is 1.